The summed E-state index contributed by atoms with van der Waals surface area (Å²) >= 11 is 1.11. The zero-order valence-electron chi connectivity index (χ0n) is 14.7. The Morgan fingerprint density at radius 3 is 2.39 bits per heavy atom. The predicted molar refractivity (Wildman–Crippen MR) is 96.8 cm³/mol. The molecule has 0 saturated carbocycles. The molecule has 1 aliphatic carbocycles. The first-order valence-corrected chi connectivity index (χ1v) is 8.82. The standard InChI is InChI=1S/C18H15F3N2O4S/c1-26-10-5-9(6-11(7-10)27-2)22-8-13-14(23-17(25)18(19,20)21)12-3-4-28-16(12)15(13)24/h3-8,14,22H,1-2H3,(H,23,25). The van der Waals surface area contributed by atoms with Gasteiger partial charge in [-0.05, 0) is 11.4 Å². The van der Waals surface area contributed by atoms with Gasteiger partial charge in [-0.3, -0.25) is 9.59 Å². The number of alkyl halides is 3. The highest BCUT2D eigenvalue weighted by atomic mass is 32.1. The number of thiophene rings is 1. The van der Waals surface area contributed by atoms with Gasteiger partial charge in [0.05, 0.1) is 25.1 Å². The molecular weight excluding hydrogens is 397 g/mol. The zero-order valence-corrected chi connectivity index (χ0v) is 15.5. The van der Waals surface area contributed by atoms with Gasteiger partial charge in [0, 0.05) is 41.2 Å². The number of nitrogens with one attached hydrogen (secondary N) is 2. The van der Waals surface area contributed by atoms with Crippen molar-refractivity contribution in [3.63, 3.8) is 0 Å². The van der Waals surface area contributed by atoms with Crippen molar-refractivity contribution in [2.75, 3.05) is 19.5 Å². The van der Waals surface area contributed by atoms with Crippen molar-refractivity contribution in [3.8, 4) is 11.5 Å². The summed E-state index contributed by atoms with van der Waals surface area (Å²) in [4.78, 5) is 24.3. The number of halogens is 3. The molecule has 0 fully saturated rings. The molecule has 1 aliphatic rings. The molecule has 6 nitrogen and oxygen atoms in total. The minimum Gasteiger partial charge on any atom is -0.497 e. The topological polar surface area (TPSA) is 76.7 Å². The Hall–Kier alpha value is -3.01. The van der Waals surface area contributed by atoms with Gasteiger partial charge in [-0.25, -0.2) is 0 Å². The summed E-state index contributed by atoms with van der Waals surface area (Å²) in [5.74, 6) is -1.59. The second-order valence-corrected chi connectivity index (χ2v) is 6.70. The minimum absolute atomic E-state index is 0.00115. The number of fused-ring (bicyclic) bond motifs is 1. The van der Waals surface area contributed by atoms with Crippen molar-refractivity contribution in [2.24, 2.45) is 0 Å². The number of methoxy groups -OCH3 is 2. The monoisotopic (exact) mass is 412 g/mol. The van der Waals surface area contributed by atoms with Crippen LogP contribution < -0.4 is 20.1 Å². The fourth-order valence-electron chi connectivity index (χ4n) is 2.73. The van der Waals surface area contributed by atoms with Crippen LogP contribution in [0.5, 0.6) is 11.5 Å². The molecule has 28 heavy (non-hydrogen) atoms. The molecule has 1 aromatic heterocycles. The van der Waals surface area contributed by atoms with Crippen LogP contribution in [0, 0.1) is 0 Å². The molecule has 10 heteroatoms. The zero-order chi connectivity index (χ0) is 20.5. The maximum atomic E-state index is 12.7. The average Bonchev–Trinajstić information content (AvgIpc) is 3.22. The van der Waals surface area contributed by atoms with Crippen LogP contribution in [0.25, 0.3) is 0 Å². The molecule has 0 bridgehead atoms. The minimum atomic E-state index is -5.06. The first-order valence-electron chi connectivity index (χ1n) is 7.94. The van der Waals surface area contributed by atoms with E-state index < -0.39 is 23.9 Å². The first-order chi connectivity index (χ1) is 13.2. The van der Waals surface area contributed by atoms with Gasteiger partial charge in [0.1, 0.15) is 11.5 Å². The lowest BCUT2D eigenvalue weighted by Gasteiger charge is -2.16. The van der Waals surface area contributed by atoms with Crippen LogP contribution in [0.15, 0.2) is 41.4 Å². The number of amides is 1. The molecule has 0 aliphatic heterocycles. The van der Waals surface area contributed by atoms with E-state index in [1.54, 1.807) is 23.6 Å². The molecule has 148 valence electrons. The van der Waals surface area contributed by atoms with Crippen LogP contribution in [0.3, 0.4) is 0 Å². The molecule has 3 rings (SSSR count). The van der Waals surface area contributed by atoms with Crippen molar-refractivity contribution in [2.45, 2.75) is 12.2 Å². The van der Waals surface area contributed by atoms with Crippen molar-refractivity contribution in [1.29, 1.82) is 0 Å². The Morgan fingerprint density at radius 2 is 1.82 bits per heavy atom. The molecule has 0 saturated heterocycles. The highest BCUT2D eigenvalue weighted by Gasteiger charge is 2.44. The van der Waals surface area contributed by atoms with E-state index in [2.05, 4.69) is 5.32 Å². The van der Waals surface area contributed by atoms with E-state index in [0.29, 0.717) is 27.6 Å². The van der Waals surface area contributed by atoms with E-state index in [0.717, 1.165) is 11.3 Å². The summed E-state index contributed by atoms with van der Waals surface area (Å²) in [5, 5.41) is 6.34. The van der Waals surface area contributed by atoms with Gasteiger partial charge >= 0.3 is 12.1 Å². The van der Waals surface area contributed by atoms with Crippen LogP contribution in [-0.4, -0.2) is 32.1 Å². The third kappa shape index (κ3) is 3.81. The summed E-state index contributed by atoms with van der Waals surface area (Å²) in [6.45, 7) is 0. The van der Waals surface area contributed by atoms with Gasteiger partial charge in [-0.1, -0.05) is 0 Å². The van der Waals surface area contributed by atoms with Crippen molar-refractivity contribution in [3.05, 3.63) is 51.9 Å². The van der Waals surface area contributed by atoms with Gasteiger partial charge in [0.15, 0.2) is 0 Å². The molecule has 0 spiro atoms. The number of hydrogen-bond donors (Lipinski definition) is 2. The molecule has 0 radical (unpaired) electrons. The third-order valence-corrected chi connectivity index (χ3v) is 4.99. The fourth-order valence-corrected chi connectivity index (χ4v) is 3.63. The van der Waals surface area contributed by atoms with Crippen molar-refractivity contribution in [1.82, 2.24) is 5.32 Å². The van der Waals surface area contributed by atoms with Crippen LogP contribution >= 0.6 is 11.3 Å². The SMILES string of the molecule is COc1cc(NC=C2C(=O)c3sccc3C2NC(=O)C(F)(F)F)cc(OC)c1. The smallest absolute Gasteiger partial charge is 0.471 e. The summed E-state index contributed by atoms with van der Waals surface area (Å²) in [5.41, 5.74) is 0.831. The van der Waals surface area contributed by atoms with E-state index in [1.807, 2.05) is 5.32 Å². The molecule has 1 amide bonds. The van der Waals surface area contributed by atoms with Gasteiger partial charge < -0.3 is 20.1 Å². The van der Waals surface area contributed by atoms with E-state index in [-0.39, 0.29) is 5.57 Å². The predicted octanol–water partition coefficient (Wildman–Crippen LogP) is 3.68. The number of carbonyl (C=O) groups excluding carboxylic acids is 2. The number of Topliss-reactive ketones (excluding diaryl/α,β-unsaturated/α-hetero) is 1. The number of ketones is 1. The number of carbonyl (C=O) groups is 2. The Balaban J connectivity index is 1.91. The molecule has 1 aromatic carbocycles. The molecular formula is C18H15F3N2O4S. The van der Waals surface area contributed by atoms with Crippen LogP contribution in [-0.2, 0) is 4.79 Å². The number of benzene rings is 1. The van der Waals surface area contributed by atoms with Gasteiger partial charge in [0.2, 0.25) is 5.78 Å². The average molecular weight is 412 g/mol. The van der Waals surface area contributed by atoms with Gasteiger partial charge in [-0.15, -0.1) is 11.3 Å². The van der Waals surface area contributed by atoms with Crippen molar-refractivity contribution >= 4 is 28.7 Å². The van der Waals surface area contributed by atoms with Crippen molar-refractivity contribution < 1.29 is 32.2 Å². The number of hydrogen-bond acceptors (Lipinski definition) is 6. The lowest BCUT2D eigenvalue weighted by molar-refractivity contribution is -0.174. The second-order valence-electron chi connectivity index (χ2n) is 5.78. The molecule has 1 atom stereocenters. The maximum absolute atomic E-state index is 12.7. The number of ether oxygens (including phenoxy) is 2. The molecule has 2 aromatic rings. The molecule has 1 unspecified atom stereocenters. The quantitative estimate of drug-likeness (QED) is 0.733. The lowest BCUT2D eigenvalue weighted by atomic mass is 10.1. The summed E-state index contributed by atoms with van der Waals surface area (Å²) in [7, 11) is 2.94. The van der Waals surface area contributed by atoms with Crippen LogP contribution in [0.1, 0.15) is 21.3 Å². The fraction of sp³-hybridized carbons (Fsp3) is 0.222. The molecule has 1 heterocycles. The Kier molecular flexibility index (Phi) is 5.32. The first kappa shape index (κ1) is 19.7. The Bertz CT molecular complexity index is 930. The number of anilines is 1. The van der Waals surface area contributed by atoms with Crippen LogP contribution in [0.4, 0.5) is 18.9 Å². The van der Waals surface area contributed by atoms with Crippen LogP contribution in [0.2, 0.25) is 0 Å². The largest absolute Gasteiger partial charge is 0.497 e. The Morgan fingerprint density at radius 1 is 1.18 bits per heavy atom. The highest BCUT2D eigenvalue weighted by Crippen LogP contribution is 2.39. The van der Waals surface area contributed by atoms with E-state index in [9.17, 15) is 22.8 Å². The Labute approximate surface area is 161 Å². The van der Waals surface area contributed by atoms with E-state index in [1.165, 1.54) is 26.5 Å². The number of rotatable bonds is 5. The molecule has 2 N–H and O–H groups in total. The third-order valence-electron chi connectivity index (χ3n) is 4.06. The summed E-state index contributed by atoms with van der Waals surface area (Å²) in [6, 6.07) is 5.22. The normalized spacial score (nSPS) is 17.4. The van der Waals surface area contributed by atoms with E-state index in [4.69, 9.17) is 9.47 Å². The highest BCUT2D eigenvalue weighted by molar-refractivity contribution is 7.12. The maximum Gasteiger partial charge on any atom is 0.471 e. The second kappa shape index (κ2) is 7.55. The summed E-state index contributed by atoms with van der Waals surface area (Å²) < 4.78 is 48.4. The summed E-state index contributed by atoms with van der Waals surface area (Å²) in [6.07, 6.45) is -3.77. The van der Waals surface area contributed by atoms with Gasteiger partial charge in [0.25, 0.3) is 0 Å². The lowest BCUT2D eigenvalue weighted by Crippen LogP contribution is -2.39. The van der Waals surface area contributed by atoms with Gasteiger partial charge in [-0.2, -0.15) is 13.2 Å². The van der Waals surface area contributed by atoms with E-state index >= 15 is 0 Å².